The lowest BCUT2D eigenvalue weighted by Gasteiger charge is -2.31. The van der Waals surface area contributed by atoms with E-state index in [2.05, 4.69) is 17.4 Å². The molecule has 1 nitrogen and oxygen atoms in total. The molecule has 1 aliphatic rings. The van der Waals surface area contributed by atoms with Gasteiger partial charge < -0.3 is 5.32 Å². The summed E-state index contributed by atoms with van der Waals surface area (Å²) in [6.45, 7) is 0. The first-order valence-electron chi connectivity index (χ1n) is 6.91. The van der Waals surface area contributed by atoms with Gasteiger partial charge in [0, 0.05) is 12.0 Å². The largest absolute Gasteiger partial charge is 0.313 e. The van der Waals surface area contributed by atoms with E-state index in [-0.39, 0.29) is 5.92 Å². The number of nitrogens with one attached hydrogen (secondary N) is 1. The summed E-state index contributed by atoms with van der Waals surface area (Å²) in [5.74, 6) is -1.41. The molecule has 2 aromatic carbocycles. The maximum Gasteiger partial charge on any atom is 0.159 e. The maximum atomic E-state index is 13.5. The van der Waals surface area contributed by atoms with Crippen molar-refractivity contribution >= 4 is 0 Å². The Morgan fingerprint density at radius 1 is 0.950 bits per heavy atom. The molecule has 104 valence electrons. The van der Waals surface area contributed by atoms with E-state index in [0.29, 0.717) is 6.04 Å². The Balaban J connectivity index is 2.05. The topological polar surface area (TPSA) is 12.0 Å². The fourth-order valence-electron chi connectivity index (χ4n) is 3.17. The van der Waals surface area contributed by atoms with Gasteiger partial charge in [-0.15, -0.1) is 0 Å². The van der Waals surface area contributed by atoms with Crippen LogP contribution in [0.4, 0.5) is 8.78 Å². The van der Waals surface area contributed by atoms with E-state index < -0.39 is 11.6 Å². The molecule has 1 aliphatic carbocycles. The molecule has 0 radical (unpaired) electrons. The monoisotopic (exact) mass is 273 g/mol. The normalized spacial score (nSPS) is 21.6. The van der Waals surface area contributed by atoms with Crippen molar-refractivity contribution in [2.45, 2.75) is 24.8 Å². The van der Waals surface area contributed by atoms with Crippen molar-refractivity contribution in [1.29, 1.82) is 0 Å². The van der Waals surface area contributed by atoms with E-state index in [9.17, 15) is 8.78 Å². The summed E-state index contributed by atoms with van der Waals surface area (Å²) in [5.41, 5.74) is 3.32. The predicted molar refractivity (Wildman–Crippen MR) is 75.7 cm³/mol. The van der Waals surface area contributed by atoms with Crippen LogP contribution >= 0.6 is 0 Å². The highest BCUT2D eigenvalue weighted by Gasteiger charge is 2.27. The van der Waals surface area contributed by atoms with E-state index in [4.69, 9.17) is 0 Å². The van der Waals surface area contributed by atoms with Crippen LogP contribution in [0.5, 0.6) is 0 Å². The van der Waals surface area contributed by atoms with Crippen molar-refractivity contribution in [3.63, 3.8) is 0 Å². The first-order chi connectivity index (χ1) is 9.70. The smallest absolute Gasteiger partial charge is 0.159 e. The molecular formula is C17H17F2N. The van der Waals surface area contributed by atoms with Crippen LogP contribution in [0.25, 0.3) is 0 Å². The standard InChI is InChI=1S/C17H17F2N/c1-20-17-9-7-12(13-4-2-3-5-14(13)17)11-6-8-15(18)16(19)10-11/h2-6,8,10,12,17,20H,7,9H2,1H3/t12-,17-/m0/s1. The van der Waals surface area contributed by atoms with Gasteiger partial charge in [-0.25, -0.2) is 8.78 Å². The maximum absolute atomic E-state index is 13.5. The van der Waals surface area contributed by atoms with Crippen molar-refractivity contribution in [2.24, 2.45) is 0 Å². The zero-order valence-electron chi connectivity index (χ0n) is 11.4. The Labute approximate surface area is 117 Å². The summed E-state index contributed by atoms with van der Waals surface area (Å²) < 4.78 is 26.6. The van der Waals surface area contributed by atoms with Crippen LogP contribution in [-0.2, 0) is 0 Å². The van der Waals surface area contributed by atoms with Crippen LogP contribution in [0.1, 0.15) is 41.5 Å². The third kappa shape index (κ3) is 2.22. The zero-order chi connectivity index (χ0) is 14.1. The molecule has 1 N–H and O–H groups in total. The average molecular weight is 273 g/mol. The lowest BCUT2D eigenvalue weighted by molar-refractivity contribution is 0.466. The highest BCUT2D eigenvalue weighted by Crippen LogP contribution is 2.41. The van der Waals surface area contributed by atoms with Gasteiger partial charge in [0.15, 0.2) is 11.6 Å². The van der Waals surface area contributed by atoms with Crippen LogP contribution < -0.4 is 5.32 Å². The molecule has 0 saturated heterocycles. The average Bonchev–Trinajstić information content (AvgIpc) is 2.49. The van der Waals surface area contributed by atoms with Gasteiger partial charge in [-0.1, -0.05) is 30.3 Å². The quantitative estimate of drug-likeness (QED) is 0.866. The summed E-state index contributed by atoms with van der Waals surface area (Å²) in [4.78, 5) is 0. The molecule has 0 aromatic heterocycles. The second kappa shape index (κ2) is 5.33. The van der Waals surface area contributed by atoms with Gasteiger partial charge in [-0.2, -0.15) is 0 Å². The summed E-state index contributed by atoms with van der Waals surface area (Å²) >= 11 is 0. The fraction of sp³-hybridized carbons (Fsp3) is 0.294. The molecule has 0 saturated carbocycles. The first-order valence-corrected chi connectivity index (χ1v) is 6.91. The number of hydrogen-bond donors (Lipinski definition) is 1. The Hall–Kier alpha value is -1.74. The van der Waals surface area contributed by atoms with Crippen LogP contribution in [0.15, 0.2) is 42.5 Å². The van der Waals surface area contributed by atoms with E-state index in [0.717, 1.165) is 18.4 Å². The minimum atomic E-state index is -0.786. The molecule has 3 heteroatoms. The van der Waals surface area contributed by atoms with Gasteiger partial charge in [0.2, 0.25) is 0 Å². The molecule has 20 heavy (non-hydrogen) atoms. The number of halogens is 2. The van der Waals surface area contributed by atoms with Crippen LogP contribution in [0.2, 0.25) is 0 Å². The molecule has 0 bridgehead atoms. The summed E-state index contributed by atoms with van der Waals surface area (Å²) in [6.07, 6.45) is 1.94. The van der Waals surface area contributed by atoms with Gasteiger partial charge in [-0.3, -0.25) is 0 Å². The zero-order valence-corrected chi connectivity index (χ0v) is 11.4. The molecule has 0 unspecified atom stereocenters. The van der Waals surface area contributed by atoms with E-state index >= 15 is 0 Å². The van der Waals surface area contributed by atoms with Crippen LogP contribution in [-0.4, -0.2) is 7.05 Å². The third-order valence-electron chi connectivity index (χ3n) is 4.19. The molecule has 0 spiro atoms. The number of rotatable bonds is 2. The van der Waals surface area contributed by atoms with E-state index in [1.165, 1.54) is 23.3 Å². The minimum absolute atomic E-state index is 0.144. The highest BCUT2D eigenvalue weighted by atomic mass is 19.2. The Bertz CT molecular complexity index is 624. The highest BCUT2D eigenvalue weighted by molar-refractivity contribution is 5.41. The van der Waals surface area contributed by atoms with Gasteiger partial charge in [-0.05, 0) is 48.7 Å². The summed E-state index contributed by atoms with van der Waals surface area (Å²) in [7, 11) is 1.96. The Morgan fingerprint density at radius 2 is 1.70 bits per heavy atom. The van der Waals surface area contributed by atoms with Crippen molar-refractivity contribution in [2.75, 3.05) is 7.05 Å². The lowest BCUT2D eigenvalue weighted by atomic mass is 9.77. The summed E-state index contributed by atoms with van der Waals surface area (Å²) in [5, 5.41) is 3.32. The first kappa shape index (κ1) is 13.3. The second-order valence-corrected chi connectivity index (χ2v) is 5.27. The molecule has 3 rings (SSSR count). The van der Waals surface area contributed by atoms with Gasteiger partial charge in [0.25, 0.3) is 0 Å². The van der Waals surface area contributed by atoms with Gasteiger partial charge >= 0.3 is 0 Å². The molecule has 2 aromatic rings. The summed E-state index contributed by atoms with van der Waals surface area (Å²) in [6, 6.07) is 12.8. The number of benzene rings is 2. The van der Waals surface area contributed by atoms with Crippen molar-refractivity contribution in [3.8, 4) is 0 Å². The fourth-order valence-corrected chi connectivity index (χ4v) is 3.17. The van der Waals surface area contributed by atoms with E-state index in [1.54, 1.807) is 6.07 Å². The molecule has 0 aliphatic heterocycles. The van der Waals surface area contributed by atoms with Crippen LogP contribution in [0, 0.1) is 11.6 Å². The second-order valence-electron chi connectivity index (χ2n) is 5.27. The van der Waals surface area contributed by atoms with E-state index in [1.807, 2.05) is 19.2 Å². The number of hydrogen-bond acceptors (Lipinski definition) is 1. The number of fused-ring (bicyclic) bond motifs is 1. The van der Waals surface area contributed by atoms with Crippen LogP contribution in [0.3, 0.4) is 0 Å². The molecule has 0 heterocycles. The van der Waals surface area contributed by atoms with Crippen molar-refractivity contribution in [1.82, 2.24) is 5.32 Å². The van der Waals surface area contributed by atoms with Crippen molar-refractivity contribution in [3.05, 3.63) is 70.8 Å². The SMILES string of the molecule is CN[C@H]1CC[C@@H](c2ccc(F)c(F)c2)c2ccccc21. The minimum Gasteiger partial charge on any atom is -0.313 e. The lowest BCUT2D eigenvalue weighted by Crippen LogP contribution is -2.24. The molecule has 0 amide bonds. The van der Waals surface area contributed by atoms with Gasteiger partial charge in [0.05, 0.1) is 0 Å². The van der Waals surface area contributed by atoms with Crippen molar-refractivity contribution < 1.29 is 8.78 Å². The van der Waals surface area contributed by atoms with Gasteiger partial charge in [0.1, 0.15) is 0 Å². The molecule has 0 fully saturated rings. The molecular weight excluding hydrogens is 256 g/mol. The molecule has 2 atom stereocenters. The predicted octanol–water partition coefficient (Wildman–Crippen LogP) is 4.15. The Kier molecular flexibility index (Phi) is 3.53. The Morgan fingerprint density at radius 3 is 2.40 bits per heavy atom. The third-order valence-corrected chi connectivity index (χ3v) is 4.19.